The minimum atomic E-state index is -0.607. The third-order valence-electron chi connectivity index (χ3n) is 8.98. The Labute approximate surface area is 260 Å². The third kappa shape index (κ3) is 3.60. The zero-order valence-electron chi connectivity index (χ0n) is 23.8. The Morgan fingerprint density at radius 2 is 1.07 bits per heavy atom. The van der Waals surface area contributed by atoms with Crippen molar-refractivity contribution in [2.75, 3.05) is 0 Å². The number of rotatable bonds is 4. The monoisotopic (exact) mass is 578 g/mol. The van der Waals surface area contributed by atoms with E-state index in [0.717, 1.165) is 28.3 Å². The molecule has 8 aromatic rings. The molecule has 2 aromatic heterocycles. The minimum absolute atomic E-state index is 0.607. The van der Waals surface area contributed by atoms with Crippen molar-refractivity contribution in [2.45, 2.75) is 5.41 Å². The second-order valence-corrected chi connectivity index (χ2v) is 12.4. The Morgan fingerprint density at radius 1 is 0.477 bits per heavy atom. The molecule has 0 radical (unpaired) electrons. The number of benzene rings is 6. The fraction of sp³-hybridized carbons (Fsp3) is 0.0244. The van der Waals surface area contributed by atoms with Crippen LogP contribution in [0.3, 0.4) is 0 Å². The smallest absolute Gasteiger partial charge is 0.161 e. The molecule has 9 rings (SSSR count). The summed E-state index contributed by atoms with van der Waals surface area (Å²) in [5, 5.41) is 2.51. The number of aromatic nitrogens is 2. The van der Waals surface area contributed by atoms with E-state index in [1.165, 1.54) is 48.0 Å². The molecule has 0 saturated heterocycles. The lowest BCUT2D eigenvalue weighted by Crippen LogP contribution is -2.30. The molecular formula is C41H26N2S. The fourth-order valence-corrected chi connectivity index (χ4v) is 8.31. The maximum absolute atomic E-state index is 5.57. The van der Waals surface area contributed by atoms with Crippen molar-refractivity contribution in [1.82, 2.24) is 9.97 Å². The number of fused-ring (bicyclic) bond motifs is 6. The summed E-state index contributed by atoms with van der Waals surface area (Å²) in [6, 6.07) is 56.4. The van der Waals surface area contributed by atoms with Crippen LogP contribution in [0.4, 0.5) is 0 Å². The van der Waals surface area contributed by atoms with Crippen molar-refractivity contribution in [3.8, 4) is 33.8 Å². The molecule has 0 fully saturated rings. The molecule has 44 heavy (non-hydrogen) atoms. The van der Waals surface area contributed by atoms with Crippen LogP contribution in [0.2, 0.25) is 0 Å². The first-order valence-corrected chi connectivity index (χ1v) is 15.7. The van der Waals surface area contributed by atoms with Crippen molar-refractivity contribution in [2.24, 2.45) is 0 Å². The first kappa shape index (κ1) is 25.1. The zero-order valence-corrected chi connectivity index (χ0v) is 24.6. The van der Waals surface area contributed by atoms with E-state index in [2.05, 4.69) is 158 Å². The molecule has 2 heterocycles. The summed E-state index contributed by atoms with van der Waals surface area (Å²) in [7, 11) is 0. The molecule has 3 heteroatoms. The molecule has 0 spiro atoms. The Hall–Kier alpha value is -5.38. The van der Waals surface area contributed by atoms with Crippen LogP contribution >= 0.6 is 11.3 Å². The van der Waals surface area contributed by atoms with Crippen LogP contribution in [-0.2, 0) is 5.41 Å². The number of hydrogen-bond donors (Lipinski definition) is 0. The van der Waals surface area contributed by atoms with E-state index in [0.29, 0.717) is 0 Å². The van der Waals surface area contributed by atoms with E-state index in [1.807, 2.05) is 11.3 Å². The summed E-state index contributed by atoms with van der Waals surface area (Å²) in [5.41, 5.74) is 9.61. The van der Waals surface area contributed by atoms with Gasteiger partial charge in [-0.2, -0.15) is 0 Å². The molecule has 206 valence electrons. The maximum Gasteiger partial charge on any atom is 0.161 e. The predicted molar refractivity (Wildman–Crippen MR) is 183 cm³/mol. The van der Waals surface area contributed by atoms with E-state index in [4.69, 9.17) is 9.97 Å². The molecular weight excluding hydrogens is 553 g/mol. The molecule has 0 aliphatic heterocycles. The minimum Gasteiger partial charge on any atom is -0.231 e. The molecule has 0 amide bonds. The van der Waals surface area contributed by atoms with Crippen LogP contribution in [0.15, 0.2) is 158 Å². The standard InChI is InChI=1S/C41H26N2S/c1-3-14-27(15-4-1)36-26-38(43-40(42-36)33-22-13-21-32-31-20-9-12-25-37(31)44-39(32)33)41(28-16-5-2-6-17-28)34-23-10-7-18-29(34)30-19-8-11-24-35(30)41/h1-26H. The van der Waals surface area contributed by atoms with Crippen LogP contribution in [0, 0.1) is 0 Å². The van der Waals surface area contributed by atoms with Gasteiger partial charge in [-0.1, -0.05) is 140 Å². The van der Waals surface area contributed by atoms with Crippen molar-refractivity contribution in [3.63, 3.8) is 0 Å². The van der Waals surface area contributed by atoms with Gasteiger partial charge in [0, 0.05) is 31.3 Å². The van der Waals surface area contributed by atoms with Gasteiger partial charge in [0.1, 0.15) is 0 Å². The van der Waals surface area contributed by atoms with E-state index < -0.39 is 5.41 Å². The predicted octanol–water partition coefficient (Wildman–Crippen LogP) is 10.5. The second kappa shape index (κ2) is 9.84. The van der Waals surface area contributed by atoms with Gasteiger partial charge in [0.05, 0.1) is 16.8 Å². The lowest BCUT2D eigenvalue weighted by molar-refractivity contribution is 0.732. The highest BCUT2D eigenvalue weighted by Crippen LogP contribution is 2.56. The topological polar surface area (TPSA) is 25.8 Å². The molecule has 6 aromatic carbocycles. The summed E-state index contributed by atoms with van der Waals surface area (Å²) in [6.07, 6.45) is 0. The van der Waals surface area contributed by atoms with Gasteiger partial charge in [0.25, 0.3) is 0 Å². The van der Waals surface area contributed by atoms with Gasteiger partial charge in [-0.15, -0.1) is 11.3 Å². The van der Waals surface area contributed by atoms with Crippen LogP contribution in [0.1, 0.15) is 22.4 Å². The SMILES string of the molecule is c1ccc(-c2cc(C3(c4ccccc4)c4ccccc4-c4ccccc43)nc(-c3cccc4c3sc3ccccc34)n2)cc1. The Kier molecular flexibility index (Phi) is 5.62. The molecule has 0 bridgehead atoms. The van der Waals surface area contributed by atoms with E-state index in [1.54, 1.807) is 0 Å². The number of thiophene rings is 1. The largest absolute Gasteiger partial charge is 0.231 e. The molecule has 1 aliphatic carbocycles. The second-order valence-electron chi connectivity index (χ2n) is 11.3. The number of nitrogens with zero attached hydrogens (tertiary/aromatic N) is 2. The van der Waals surface area contributed by atoms with Crippen molar-refractivity contribution < 1.29 is 0 Å². The highest BCUT2D eigenvalue weighted by molar-refractivity contribution is 7.26. The van der Waals surface area contributed by atoms with Gasteiger partial charge in [-0.25, -0.2) is 9.97 Å². The fourth-order valence-electron chi connectivity index (χ4n) is 7.10. The molecule has 1 aliphatic rings. The Bertz CT molecular complexity index is 2290. The first-order valence-electron chi connectivity index (χ1n) is 14.9. The maximum atomic E-state index is 5.57. The van der Waals surface area contributed by atoms with Gasteiger partial charge >= 0.3 is 0 Å². The molecule has 0 N–H and O–H groups in total. The molecule has 2 nitrogen and oxygen atoms in total. The highest BCUT2D eigenvalue weighted by Gasteiger charge is 2.47. The van der Waals surface area contributed by atoms with E-state index in [9.17, 15) is 0 Å². The third-order valence-corrected chi connectivity index (χ3v) is 10.2. The van der Waals surface area contributed by atoms with Crippen molar-refractivity contribution in [1.29, 1.82) is 0 Å². The van der Waals surface area contributed by atoms with Gasteiger partial charge in [0.2, 0.25) is 0 Å². The van der Waals surface area contributed by atoms with Crippen molar-refractivity contribution >= 4 is 31.5 Å². The average molecular weight is 579 g/mol. The van der Waals surface area contributed by atoms with E-state index >= 15 is 0 Å². The highest BCUT2D eigenvalue weighted by atomic mass is 32.1. The summed E-state index contributed by atoms with van der Waals surface area (Å²) >= 11 is 1.82. The quantitative estimate of drug-likeness (QED) is 0.208. The van der Waals surface area contributed by atoms with Crippen LogP contribution in [0.5, 0.6) is 0 Å². The molecule has 0 unspecified atom stereocenters. The summed E-state index contributed by atoms with van der Waals surface area (Å²) < 4.78 is 2.49. The van der Waals surface area contributed by atoms with Crippen LogP contribution in [-0.4, -0.2) is 9.97 Å². The summed E-state index contributed by atoms with van der Waals surface area (Å²) in [6.45, 7) is 0. The summed E-state index contributed by atoms with van der Waals surface area (Å²) in [5.74, 6) is 0.746. The molecule has 0 saturated carbocycles. The van der Waals surface area contributed by atoms with Crippen LogP contribution < -0.4 is 0 Å². The van der Waals surface area contributed by atoms with Crippen molar-refractivity contribution in [3.05, 3.63) is 180 Å². The lowest BCUT2D eigenvalue weighted by atomic mass is 9.69. The van der Waals surface area contributed by atoms with Gasteiger partial charge in [-0.3, -0.25) is 0 Å². The normalized spacial score (nSPS) is 13.2. The first-order chi connectivity index (χ1) is 21.8. The molecule has 0 atom stereocenters. The Balaban J connectivity index is 1.42. The average Bonchev–Trinajstić information content (AvgIpc) is 3.63. The van der Waals surface area contributed by atoms with Gasteiger partial charge < -0.3 is 0 Å². The van der Waals surface area contributed by atoms with Gasteiger partial charge in [-0.05, 0) is 46.0 Å². The Morgan fingerprint density at radius 3 is 1.82 bits per heavy atom. The van der Waals surface area contributed by atoms with Crippen LogP contribution in [0.25, 0.3) is 53.9 Å². The van der Waals surface area contributed by atoms with E-state index in [-0.39, 0.29) is 0 Å². The summed E-state index contributed by atoms with van der Waals surface area (Å²) in [4.78, 5) is 10.9. The zero-order chi connectivity index (χ0) is 29.1. The lowest BCUT2D eigenvalue weighted by Gasteiger charge is -2.33. The number of hydrogen-bond acceptors (Lipinski definition) is 3. The van der Waals surface area contributed by atoms with Gasteiger partial charge in [0.15, 0.2) is 5.82 Å².